The molecule has 2 atom stereocenters. The zero-order valence-electron chi connectivity index (χ0n) is 28.4. The molecule has 0 spiro atoms. The van der Waals surface area contributed by atoms with Gasteiger partial charge in [0, 0.05) is 26.6 Å². The minimum absolute atomic E-state index is 0. The Balaban J connectivity index is -0.000000132. The molecule has 0 aliphatic rings. The monoisotopic (exact) mass is 579 g/mol. The van der Waals surface area contributed by atoms with Crippen molar-refractivity contribution in [2.24, 2.45) is 17.8 Å². The summed E-state index contributed by atoms with van der Waals surface area (Å²) in [7, 11) is 1.00. The summed E-state index contributed by atoms with van der Waals surface area (Å²) >= 11 is 0. The molecular weight excluding hydrogens is 502 g/mol. The van der Waals surface area contributed by atoms with E-state index in [-0.39, 0.29) is 19.5 Å². The number of rotatable bonds is 22. The molecule has 0 saturated heterocycles. The van der Waals surface area contributed by atoms with Gasteiger partial charge in [0.2, 0.25) is 0 Å². The Bertz CT molecular complexity index is 296. The van der Waals surface area contributed by atoms with Crippen LogP contribution in [0.3, 0.4) is 0 Å². The summed E-state index contributed by atoms with van der Waals surface area (Å²) in [6.45, 7) is 20.8. The van der Waals surface area contributed by atoms with Gasteiger partial charge in [-0.1, -0.05) is 204 Å². The second-order valence-corrected chi connectivity index (χ2v) is 11.3. The first-order valence-corrected chi connectivity index (χ1v) is 16.9. The van der Waals surface area contributed by atoms with E-state index < -0.39 is 0 Å². The zero-order valence-corrected chi connectivity index (χ0v) is 31.4. The summed E-state index contributed by atoms with van der Waals surface area (Å²) in [6.07, 6.45) is 31.3. The van der Waals surface area contributed by atoms with Crippen LogP contribution in [0, 0.1) is 17.8 Å². The topological polar surface area (TPSA) is 20.2 Å². The summed E-state index contributed by atoms with van der Waals surface area (Å²) in [5, 5.41) is 7.00. The number of aliphatic hydroxyl groups is 1. The summed E-state index contributed by atoms with van der Waals surface area (Å²) in [5.74, 6) is 2.92. The molecule has 1 N–H and O–H groups in total. The third-order valence-corrected chi connectivity index (χ3v) is 7.87. The molecule has 37 heavy (non-hydrogen) atoms. The number of hydrogen-bond donors (Lipinski definition) is 1. The summed E-state index contributed by atoms with van der Waals surface area (Å²) in [5.41, 5.74) is 0. The Morgan fingerprint density at radius 2 is 0.649 bits per heavy atom. The van der Waals surface area contributed by atoms with Gasteiger partial charge in [0.15, 0.2) is 0 Å². The average Bonchev–Trinajstić information content (AvgIpc) is 2.92. The molecule has 2 heteroatoms. The van der Waals surface area contributed by atoms with Crippen molar-refractivity contribution in [1.29, 1.82) is 0 Å². The van der Waals surface area contributed by atoms with Gasteiger partial charge in [-0.15, -0.1) is 0 Å². The van der Waals surface area contributed by atoms with Gasteiger partial charge >= 0.3 is 0 Å². The molecule has 1 nitrogen and oxygen atoms in total. The van der Waals surface area contributed by atoms with Crippen LogP contribution in [0.2, 0.25) is 0 Å². The van der Waals surface area contributed by atoms with Crippen molar-refractivity contribution in [3.8, 4) is 0 Å². The molecular formula is C35H78OZn. The van der Waals surface area contributed by atoms with Gasteiger partial charge in [0.25, 0.3) is 0 Å². The molecule has 0 aromatic heterocycles. The molecule has 0 saturated carbocycles. The van der Waals surface area contributed by atoms with Crippen molar-refractivity contribution in [2.75, 3.05) is 7.11 Å². The molecule has 0 radical (unpaired) electrons. The quantitative estimate of drug-likeness (QED) is 0.0998. The Morgan fingerprint density at radius 3 is 0.892 bits per heavy atom. The summed E-state index contributed by atoms with van der Waals surface area (Å²) in [6, 6.07) is 0. The van der Waals surface area contributed by atoms with Gasteiger partial charge in [-0.2, -0.15) is 0 Å². The molecule has 0 aromatic carbocycles. The van der Waals surface area contributed by atoms with Gasteiger partial charge in [0.05, 0.1) is 0 Å². The molecule has 0 fully saturated rings. The van der Waals surface area contributed by atoms with Gasteiger partial charge in [-0.3, -0.25) is 0 Å². The SMILES string of the molecule is CCCCCCCC(C)CC.CCCCCCCC(C)CC.CCCCCCCC(CC)CC.CO.[Zn]. The Morgan fingerprint density at radius 1 is 0.378 bits per heavy atom. The largest absolute Gasteiger partial charge is 0.400 e. The third-order valence-electron chi connectivity index (χ3n) is 7.87. The predicted molar refractivity (Wildman–Crippen MR) is 171 cm³/mol. The first-order valence-electron chi connectivity index (χ1n) is 16.9. The third kappa shape index (κ3) is 50.0. The Kier molecular flexibility index (Phi) is 59.5. The van der Waals surface area contributed by atoms with E-state index in [1.807, 2.05) is 0 Å². The van der Waals surface area contributed by atoms with Crippen LogP contribution in [0.4, 0.5) is 0 Å². The fourth-order valence-corrected chi connectivity index (χ4v) is 4.33. The van der Waals surface area contributed by atoms with Crippen LogP contribution >= 0.6 is 0 Å². The van der Waals surface area contributed by atoms with Crippen molar-refractivity contribution in [1.82, 2.24) is 0 Å². The summed E-state index contributed by atoms with van der Waals surface area (Å²) in [4.78, 5) is 0. The maximum atomic E-state index is 7.00. The maximum Gasteiger partial charge on any atom is 0.0319 e. The number of aliphatic hydroxyl groups excluding tert-OH is 1. The molecule has 0 aromatic rings. The summed E-state index contributed by atoms with van der Waals surface area (Å²) < 4.78 is 0. The molecule has 0 bridgehead atoms. The van der Waals surface area contributed by atoms with Crippen LogP contribution in [-0.4, -0.2) is 12.2 Å². The minimum atomic E-state index is 0. The smallest absolute Gasteiger partial charge is 0.0319 e. The number of unbranched alkanes of at least 4 members (excludes halogenated alkanes) is 12. The van der Waals surface area contributed by atoms with Crippen molar-refractivity contribution in [3.63, 3.8) is 0 Å². The number of hydrogen-bond acceptors (Lipinski definition) is 1. The molecule has 0 aliphatic carbocycles. The van der Waals surface area contributed by atoms with Gasteiger partial charge in [-0.05, 0) is 17.8 Å². The first-order chi connectivity index (χ1) is 17.5. The fraction of sp³-hybridized carbons (Fsp3) is 1.00. The second kappa shape index (κ2) is 46.4. The first kappa shape index (κ1) is 47.4. The Labute approximate surface area is 252 Å². The molecule has 0 heterocycles. The second-order valence-electron chi connectivity index (χ2n) is 11.3. The average molecular weight is 580 g/mol. The van der Waals surface area contributed by atoms with E-state index >= 15 is 0 Å². The van der Waals surface area contributed by atoms with Crippen LogP contribution in [0.1, 0.15) is 204 Å². The van der Waals surface area contributed by atoms with E-state index in [2.05, 4.69) is 62.3 Å². The Hall–Kier alpha value is 0.583. The molecule has 2 unspecified atom stereocenters. The molecule has 0 rings (SSSR count). The van der Waals surface area contributed by atoms with Crippen LogP contribution in [0.25, 0.3) is 0 Å². The van der Waals surface area contributed by atoms with Crippen molar-refractivity contribution >= 4 is 0 Å². The van der Waals surface area contributed by atoms with E-state index in [1.54, 1.807) is 0 Å². The van der Waals surface area contributed by atoms with E-state index in [0.717, 1.165) is 24.9 Å². The molecule has 0 amide bonds. The van der Waals surface area contributed by atoms with E-state index in [4.69, 9.17) is 5.11 Å². The van der Waals surface area contributed by atoms with E-state index in [0.29, 0.717) is 0 Å². The van der Waals surface area contributed by atoms with E-state index in [1.165, 1.54) is 141 Å². The van der Waals surface area contributed by atoms with Crippen molar-refractivity contribution in [2.45, 2.75) is 204 Å². The zero-order chi connectivity index (χ0) is 28.3. The van der Waals surface area contributed by atoms with E-state index in [9.17, 15) is 0 Å². The molecule has 0 aliphatic heterocycles. The maximum absolute atomic E-state index is 7.00. The van der Waals surface area contributed by atoms with Crippen molar-refractivity contribution in [3.05, 3.63) is 0 Å². The van der Waals surface area contributed by atoms with Crippen LogP contribution in [-0.2, 0) is 19.5 Å². The van der Waals surface area contributed by atoms with Gasteiger partial charge in [0.1, 0.15) is 0 Å². The van der Waals surface area contributed by atoms with Gasteiger partial charge in [-0.25, -0.2) is 0 Å². The predicted octanol–water partition coefficient (Wildman–Crippen LogP) is 13.2. The standard InChI is InChI=1S/C12H26.2C11H24.CH4O.Zn/c1-4-7-8-9-10-11-12(5-2)6-3;2*1-4-6-7-8-9-10-11(3)5-2;1-2;/h12H,4-11H2,1-3H3;2*11H,4-10H2,1-3H3;2H,1H3;. The van der Waals surface area contributed by atoms with Crippen LogP contribution in [0.5, 0.6) is 0 Å². The fourth-order valence-electron chi connectivity index (χ4n) is 4.33. The molecule has 226 valence electrons. The minimum Gasteiger partial charge on any atom is -0.400 e. The normalized spacial score (nSPS) is 11.7. The van der Waals surface area contributed by atoms with Crippen LogP contribution in [0.15, 0.2) is 0 Å². The van der Waals surface area contributed by atoms with Crippen LogP contribution < -0.4 is 0 Å². The van der Waals surface area contributed by atoms with Gasteiger partial charge < -0.3 is 5.11 Å². The van der Waals surface area contributed by atoms with Crippen molar-refractivity contribution < 1.29 is 24.6 Å².